The minimum absolute atomic E-state index is 0.0422. The number of hydrogen-bond donors (Lipinski definition) is 0. The first-order valence-electron chi connectivity index (χ1n) is 7.61. The summed E-state index contributed by atoms with van der Waals surface area (Å²) in [5.41, 5.74) is 0.967. The number of carbonyl (C=O) groups is 1. The van der Waals surface area contributed by atoms with Crippen molar-refractivity contribution in [2.75, 3.05) is 31.1 Å². The van der Waals surface area contributed by atoms with Gasteiger partial charge in [0, 0.05) is 43.5 Å². The average Bonchev–Trinajstić information content (AvgIpc) is 2.62. The highest BCUT2D eigenvalue weighted by atomic mass is 35.5. The SMILES string of the molecule is O=C(/C=C/c1ccc(Cl)cc1)N1CCN(c2ccccn2)CC1. The molecule has 0 atom stereocenters. The van der Waals surface area contributed by atoms with Gasteiger partial charge >= 0.3 is 0 Å². The van der Waals surface area contributed by atoms with Crippen molar-refractivity contribution < 1.29 is 4.79 Å². The molecule has 4 nitrogen and oxygen atoms in total. The molecule has 1 aromatic carbocycles. The highest BCUT2D eigenvalue weighted by molar-refractivity contribution is 6.30. The van der Waals surface area contributed by atoms with Gasteiger partial charge in [-0.1, -0.05) is 29.8 Å². The molecule has 2 aromatic rings. The van der Waals surface area contributed by atoms with Gasteiger partial charge < -0.3 is 9.80 Å². The number of carbonyl (C=O) groups excluding carboxylic acids is 1. The van der Waals surface area contributed by atoms with Gasteiger partial charge in [-0.2, -0.15) is 0 Å². The molecule has 23 heavy (non-hydrogen) atoms. The number of hydrogen-bond acceptors (Lipinski definition) is 3. The van der Waals surface area contributed by atoms with Crippen LogP contribution in [-0.4, -0.2) is 42.0 Å². The Morgan fingerprint density at radius 3 is 2.43 bits per heavy atom. The van der Waals surface area contributed by atoms with Crippen LogP contribution in [0.3, 0.4) is 0 Å². The Morgan fingerprint density at radius 1 is 1.04 bits per heavy atom. The molecule has 1 fully saturated rings. The van der Waals surface area contributed by atoms with E-state index in [1.165, 1.54) is 0 Å². The highest BCUT2D eigenvalue weighted by Crippen LogP contribution is 2.14. The molecule has 0 spiro atoms. The molecule has 0 radical (unpaired) electrons. The van der Waals surface area contributed by atoms with Crippen LogP contribution in [0.5, 0.6) is 0 Å². The number of halogens is 1. The molecule has 0 unspecified atom stereocenters. The fraction of sp³-hybridized carbons (Fsp3) is 0.222. The maximum absolute atomic E-state index is 12.3. The molecular weight excluding hydrogens is 310 g/mol. The Morgan fingerprint density at radius 2 is 1.78 bits per heavy atom. The smallest absolute Gasteiger partial charge is 0.246 e. The standard InChI is InChI=1S/C18H18ClN3O/c19-16-7-4-15(5-8-16)6-9-18(23)22-13-11-21(12-14-22)17-3-1-2-10-20-17/h1-10H,11-14H2/b9-6+. The Hall–Kier alpha value is -2.33. The third-order valence-electron chi connectivity index (χ3n) is 3.85. The van der Waals surface area contributed by atoms with Crippen LogP contribution in [-0.2, 0) is 4.79 Å². The summed E-state index contributed by atoms with van der Waals surface area (Å²) in [5, 5.41) is 0.694. The van der Waals surface area contributed by atoms with Crippen molar-refractivity contribution in [3.8, 4) is 0 Å². The molecule has 118 valence electrons. The predicted octanol–water partition coefficient (Wildman–Crippen LogP) is 3.10. The number of anilines is 1. The second-order valence-electron chi connectivity index (χ2n) is 5.39. The molecule has 3 rings (SSSR count). The van der Waals surface area contributed by atoms with Crippen molar-refractivity contribution >= 4 is 29.4 Å². The van der Waals surface area contributed by atoms with Gasteiger partial charge in [-0.3, -0.25) is 4.79 Å². The van der Waals surface area contributed by atoms with Crippen molar-refractivity contribution in [3.63, 3.8) is 0 Å². The van der Waals surface area contributed by atoms with Gasteiger partial charge in [0.25, 0.3) is 0 Å². The zero-order valence-corrected chi connectivity index (χ0v) is 13.5. The van der Waals surface area contributed by atoms with E-state index in [2.05, 4.69) is 9.88 Å². The number of pyridine rings is 1. The van der Waals surface area contributed by atoms with E-state index in [0.29, 0.717) is 18.1 Å². The van der Waals surface area contributed by atoms with Gasteiger partial charge in [0.2, 0.25) is 5.91 Å². The van der Waals surface area contributed by atoms with E-state index in [-0.39, 0.29) is 5.91 Å². The van der Waals surface area contributed by atoms with Crippen LogP contribution in [0.1, 0.15) is 5.56 Å². The molecule has 1 saturated heterocycles. The van der Waals surface area contributed by atoms with Gasteiger partial charge in [-0.05, 0) is 35.9 Å². The van der Waals surface area contributed by atoms with Gasteiger partial charge in [-0.25, -0.2) is 4.98 Å². The van der Waals surface area contributed by atoms with Gasteiger partial charge in [0.1, 0.15) is 5.82 Å². The topological polar surface area (TPSA) is 36.4 Å². The summed E-state index contributed by atoms with van der Waals surface area (Å²) >= 11 is 5.85. The molecular formula is C18H18ClN3O. The van der Waals surface area contributed by atoms with Gasteiger partial charge in [0.15, 0.2) is 0 Å². The second-order valence-corrected chi connectivity index (χ2v) is 5.82. The zero-order chi connectivity index (χ0) is 16.1. The molecule has 0 N–H and O–H groups in total. The Labute approximate surface area is 141 Å². The summed E-state index contributed by atoms with van der Waals surface area (Å²) in [5.74, 6) is 1.01. The summed E-state index contributed by atoms with van der Waals surface area (Å²) in [6, 6.07) is 13.3. The number of nitrogens with zero attached hydrogens (tertiary/aromatic N) is 3. The van der Waals surface area contributed by atoms with Crippen molar-refractivity contribution in [1.29, 1.82) is 0 Å². The Balaban J connectivity index is 1.55. The summed E-state index contributed by atoms with van der Waals surface area (Å²) in [4.78, 5) is 20.7. The lowest BCUT2D eigenvalue weighted by atomic mass is 10.2. The molecule has 5 heteroatoms. The molecule has 1 aliphatic rings. The molecule has 1 aliphatic heterocycles. The first-order chi connectivity index (χ1) is 11.2. The van der Waals surface area contributed by atoms with Crippen LogP contribution in [0, 0.1) is 0 Å². The lowest BCUT2D eigenvalue weighted by molar-refractivity contribution is -0.126. The van der Waals surface area contributed by atoms with Crippen LogP contribution in [0.25, 0.3) is 6.08 Å². The van der Waals surface area contributed by atoms with E-state index in [4.69, 9.17) is 11.6 Å². The third kappa shape index (κ3) is 4.11. The minimum atomic E-state index is 0.0422. The second kappa shape index (κ2) is 7.29. The summed E-state index contributed by atoms with van der Waals surface area (Å²) < 4.78 is 0. The van der Waals surface area contributed by atoms with Crippen LogP contribution >= 0.6 is 11.6 Å². The number of piperazine rings is 1. The van der Waals surface area contributed by atoms with E-state index >= 15 is 0 Å². The number of rotatable bonds is 3. The Kier molecular flexibility index (Phi) is 4.93. The predicted molar refractivity (Wildman–Crippen MR) is 93.5 cm³/mol. The summed E-state index contributed by atoms with van der Waals surface area (Å²) in [7, 11) is 0. The number of benzene rings is 1. The van der Waals surface area contributed by atoms with E-state index in [0.717, 1.165) is 24.5 Å². The van der Waals surface area contributed by atoms with Crippen LogP contribution in [0.2, 0.25) is 5.02 Å². The first-order valence-corrected chi connectivity index (χ1v) is 7.99. The molecule has 2 heterocycles. The monoisotopic (exact) mass is 327 g/mol. The van der Waals surface area contributed by atoms with E-state index in [1.54, 1.807) is 12.3 Å². The van der Waals surface area contributed by atoms with E-state index in [9.17, 15) is 4.79 Å². The molecule has 0 bridgehead atoms. The van der Waals surface area contributed by atoms with Crippen molar-refractivity contribution in [2.45, 2.75) is 0 Å². The first kappa shape index (κ1) is 15.6. The van der Waals surface area contributed by atoms with E-state index in [1.807, 2.05) is 53.4 Å². The molecule has 0 aliphatic carbocycles. The van der Waals surface area contributed by atoms with Crippen molar-refractivity contribution in [1.82, 2.24) is 9.88 Å². The average molecular weight is 328 g/mol. The fourth-order valence-corrected chi connectivity index (χ4v) is 2.67. The maximum Gasteiger partial charge on any atom is 0.246 e. The largest absolute Gasteiger partial charge is 0.353 e. The Bertz CT molecular complexity index is 677. The zero-order valence-electron chi connectivity index (χ0n) is 12.7. The minimum Gasteiger partial charge on any atom is -0.353 e. The molecule has 1 aromatic heterocycles. The number of amides is 1. The van der Waals surface area contributed by atoms with Crippen LogP contribution in [0.15, 0.2) is 54.7 Å². The van der Waals surface area contributed by atoms with Gasteiger partial charge in [-0.15, -0.1) is 0 Å². The van der Waals surface area contributed by atoms with Crippen molar-refractivity contribution in [2.24, 2.45) is 0 Å². The lowest BCUT2D eigenvalue weighted by Gasteiger charge is -2.34. The normalized spacial score (nSPS) is 15.2. The van der Waals surface area contributed by atoms with Crippen molar-refractivity contribution in [3.05, 3.63) is 65.3 Å². The number of aromatic nitrogens is 1. The van der Waals surface area contributed by atoms with Crippen LogP contribution < -0.4 is 4.90 Å². The fourth-order valence-electron chi connectivity index (χ4n) is 2.54. The summed E-state index contributed by atoms with van der Waals surface area (Å²) in [6.45, 7) is 3.02. The van der Waals surface area contributed by atoms with Crippen LogP contribution in [0.4, 0.5) is 5.82 Å². The molecule has 0 saturated carbocycles. The quantitative estimate of drug-likeness (QED) is 0.813. The maximum atomic E-state index is 12.3. The highest BCUT2D eigenvalue weighted by Gasteiger charge is 2.20. The molecule has 1 amide bonds. The summed E-state index contributed by atoms with van der Waals surface area (Å²) in [6.07, 6.45) is 5.24. The lowest BCUT2D eigenvalue weighted by Crippen LogP contribution is -2.48. The third-order valence-corrected chi connectivity index (χ3v) is 4.10. The van der Waals surface area contributed by atoms with E-state index < -0.39 is 0 Å². The van der Waals surface area contributed by atoms with Gasteiger partial charge in [0.05, 0.1) is 0 Å².